The summed E-state index contributed by atoms with van der Waals surface area (Å²) < 4.78 is 0. The summed E-state index contributed by atoms with van der Waals surface area (Å²) in [7, 11) is 2.25. The van der Waals surface area contributed by atoms with Crippen LogP contribution in [0.15, 0.2) is 24.3 Å². The van der Waals surface area contributed by atoms with Gasteiger partial charge in [-0.1, -0.05) is 24.3 Å². The predicted molar refractivity (Wildman–Crippen MR) is 72.7 cm³/mol. The summed E-state index contributed by atoms with van der Waals surface area (Å²) in [5.41, 5.74) is 3.12. The molecule has 1 aromatic carbocycles. The zero-order valence-corrected chi connectivity index (χ0v) is 11.2. The molecule has 92 valence electrons. The number of nitrogens with zero attached hydrogens (tertiary/aromatic N) is 1. The highest BCUT2D eigenvalue weighted by Gasteiger charge is 2.30. The molecule has 0 bridgehead atoms. The highest BCUT2D eigenvalue weighted by atomic mass is 35.5. The summed E-state index contributed by atoms with van der Waals surface area (Å²) in [5, 5.41) is 0.456. The highest BCUT2D eigenvalue weighted by molar-refractivity contribution is 6.21. The Balaban J connectivity index is 1.49. The van der Waals surface area contributed by atoms with Gasteiger partial charge in [-0.15, -0.1) is 11.6 Å². The van der Waals surface area contributed by atoms with Crippen molar-refractivity contribution in [1.82, 2.24) is 4.90 Å². The van der Waals surface area contributed by atoms with Crippen molar-refractivity contribution in [2.45, 2.75) is 30.6 Å². The molecule has 1 atom stereocenters. The van der Waals surface area contributed by atoms with E-state index in [0.717, 1.165) is 11.8 Å². The van der Waals surface area contributed by atoms with Crippen LogP contribution >= 0.6 is 11.6 Å². The van der Waals surface area contributed by atoms with Crippen molar-refractivity contribution in [1.29, 1.82) is 0 Å². The lowest BCUT2D eigenvalue weighted by Gasteiger charge is -2.38. The van der Waals surface area contributed by atoms with E-state index in [4.69, 9.17) is 11.6 Å². The van der Waals surface area contributed by atoms with Gasteiger partial charge in [0.05, 0.1) is 0 Å². The maximum absolute atomic E-state index is 6.02. The van der Waals surface area contributed by atoms with Crippen molar-refractivity contribution >= 4 is 11.6 Å². The number of fused-ring (bicyclic) bond motifs is 1. The van der Waals surface area contributed by atoms with Gasteiger partial charge in [-0.3, -0.25) is 0 Å². The zero-order chi connectivity index (χ0) is 11.8. The Morgan fingerprint density at radius 3 is 2.71 bits per heavy atom. The average Bonchev–Trinajstić information content (AvgIpc) is 2.24. The number of rotatable bonds is 4. The Hall–Kier alpha value is -0.530. The van der Waals surface area contributed by atoms with E-state index >= 15 is 0 Å². The second-order valence-electron chi connectivity index (χ2n) is 5.76. The Kier molecular flexibility index (Phi) is 3.14. The van der Waals surface area contributed by atoms with Gasteiger partial charge in [0, 0.05) is 24.4 Å². The minimum atomic E-state index is 0.456. The van der Waals surface area contributed by atoms with E-state index in [2.05, 4.69) is 36.2 Å². The van der Waals surface area contributed by atoms with Crippen LogP contribution in [0.25, 0.3) is 0 Å². The van der Waals surface area contributed by atoms with Crippen molar-refractivity contribution in [2.75, 3.05) is 20.1 Å². The van der Waals surface area contributed by atoms with Gasteiger partial charge in [0.2, 0.25) is 0 Å². The number of hydrogen-bond donors (Lipinski definition) is 0. The van der Waals surface area contributed by atoms with Crippen LogP contribution in [0.4, 0.5) is 0 Å². The molecule has 2 heteroatoms. The lowest BCUT2D eigenvalue weighted by Crippen LogP contribution is -2.38. The predicted octanol–water partition coefficient (Wildman–Crippen LogP) is 3.28. The first-order chi connectivity index (χ1) is 8.22. The molecule has 0 spiro atoms. The minimum absolute atomic E-state index is 0.456. The number of likely N-dealkylation sites (N-methyl/N-ethyl adjacent to an activating group) is 1. The molecule has 1 unspecified atom stereocenters. The summed E-state index contributed by atoms with van der Waals surface area (Å²) in [6, 6.07) is 8.86. The highest BCUT2D eigenvalue weighted by Crippen LogP contribution is 2.36. The first-order valence-electron chi connectivity index (χ1n) is 6.63. The van der Waals surface area contributed by atoms with E-state index in [1.807, 2.05) is 0 Å². The maximum atomic E-state index is 6.02. The normalized spacial score (nSPS) is 30.6. The van der Waals surface area contributed by atoms with Crippen LogP contribution < -0.4 is 0 Å². The third kappa shape index (κ3) is 2.36. The average molecular weight is 250 g/mol. The van der Waals surface area contributed by atoms with Crippen molar-refractivity contribution in [3.8, 4) is 0 Å². The molecule has 0 heterocycles. The lowest BCUT2D eigenvalue weighted by molar-refractivity contribution is 0.197. The monoisotopic (exact) mass is 249 g/mol. The molecule has 2 aliphatic rings. The van der Waals surface area contributed by atoms with Crippen LogP contribution in [0.2, 0.25) is 0 Å². The fourth-order valence-corrected chi connectivity index (χ4v) is 3.72. The van der Waals surface area contributed by atoms with Crippen LogP contribution in [-0.4, -0.2) is 30.4 Å². The molecule has 1 aromatic rings. The summed E-state index contributed by atoms with van der Waals surface area (Å²) in [5.74, 6) is 1.61. The Morgan fingerprint density at radius 1 is 1.24 bits per heavy atom. The smallest absolute Gasteiger partial charge is 0.0342 e. The molecule has 1 fully saturated rings. The zero-order valence-electron chi connectivity index (χ0n) is 10.4. The van der Waals surface area contributed by atoms with Gasteiger partial charge in [-0.2, -0.15) is 0 Å². The molecule has 0 amide bonds. The molecular formula is C15H20ClN. The topological polar surface area (TPSA) is 3.24 Å². The fourth-order valence-electron chi connectivity index (χ4n) is 3.22. The van der Waals surface area contributed by atoms with Crippen LogP contribution in [0.5, 0.6) is 0 Å². The fraction of sp³-hybridized carbons (Fsp3) is 0.600. The summed E-state index contributed by atoms with van der Waals surface area (Å²) >= 11 is 6.02. The molecule has 3 rings (SSSR count). The maximum Gasteiger partial charge on any atom is 0.0342 e. The van der Waals surface area contributed by atoms with E-state index in [1.165, 1.54) is 32.4 Å². The number of benzene rings is 1. The summed E-state index contributed by atoms with van der Waals surface area (Å²) in [6.45, 7) is 2.43. The number of halogens is 1. The van der Waals surface area contributed by atoms with Gasteiger partial charge in [0.15, 0.2) is 0 Å². The second-order valence-corrected chi connectivity index (χ2v) is 6.37. The summed E-state index contributed by atoms with van der Waals surface area (Å²) in [4.78, 5) is 2.49. The third-order valence-corrected chi connectivity index (χ3v) is 4.60. The molecule has 0 saturated heterocycles. The van der Waals surface area contributed by atoms with Crippen LogP contribution in [0.3, 0.4) is 0 Å². The van der Waals surface area contributed by atoms with E-state index in [1.54, 1.807) is 11.1 Å². The molecular weight excluding hydrogens is 230 g/mol. The quantitative estimate of drug-likeness (QED) is 0.741. The Morgan fingerprint density at radius 2 is 2.00 bits per heavy atom. The van der Waals surface area contributed by atoms with E-state index < -0.39 is 0 Å². The van der Waals surface area contributed by atoms with Gasteiger partial charge in [0.1, 0.15) is 0 Å². The lowest BCUT2D eigenvalue weighted by atomic mass is 9.77. The van der Waals surface area contributed by atoms with Crippen LogP contribution in [-0.2, 0) is 6.42 Å². The SMILES string of the molecule is CN(CC1CC(Cl)C1)CC1Cc2ccccc21. The molecule has 1 nitrogen and oxygen atoms in total. The molecule has 2 aliphatic carbocycles. The second kappa shape index (κ2) is 4.62. The molecule has 0 radical (unpaired) electrons. The van der Waals surface area contributed by atoms with Crippen molar-refractivity contribution in [3.63, 3.8) is 0 Å². The van der Waals surface area contributed by atoms with E-state index in [0.29, 0.717) is 5.38 Å². The van der Waals surface area contributed by atoms with Gasteiger partial charge < -0.3 is 4.90 Å². The van der Waals surface area contributed by atoms with E-state index in [9.17, 15) is 0 Å². The largest absolute Gasteiger partial charge is 0.305 e. The first kappa shape index (κ1) is 11.6. The van der Waals surface area contributed by atoms with Crippen molar-refractivity contribution in [2.24, 2.45) is 5.92 Å². The van der Waals surface area contributed by atoms with Gasteiger partial charge in [-0.05, 0) is 43.4 Å². The van der Waals surface area contributed by atoms with E-state index in [-0.39, 0.29) is 0 Å². The minimum Gasteiger partial charge on any atom is -0.305 e. The standard InChI is InChI=1S/C15H20ClN/c1-17(9-11-6-14(16)7-11)10-13-8-12-4-2-3-5-15(12)13/h2-5,11,13-14H,6-10H2,1H3. The first-order valence-corrected chi connectivity index (χ1v) is 7.06. The Labute approximate surface area is 109 Å². The number of alkyl halides is 1. The molecule has 0 N–H and O–H groups in total. The molecule has 0 aromatic heterocycles. The van der Waals surface area contributed by atoms with Gasteiger partial charge >= 0.3 is 0 Å². The molecule has 17 heavy (non-hydrogen) atoms. The van der Waals surface area contributed by atoms with Crippen LogP contribution in [0, 0.1) is 5.92 Å². The number of hydrogen-bond acceptors (Lipinski definition) is 1. The van der Waals surface area contributed by atoms with Gasteiger partial charge in [0.25, 0.3) is 0 Å². The van der Waals surface area contributed by atoms with Crippen LogP contribution in [0.1, 0.15) is 29.9 Å². The molecule has 1 saturated carbocycles. The van der Waals surface area contributed by atoms with Crippen molar-refractivity contribution < 1.29 is 0 Å². The Bertz CT molecular complexity index is 398. The third-order valence-electron chi connectivity index (χ3n) is 4.24. The van der Waals surface area contributed by atoms with Crippen molar-refractivity contribution in [3.05, 3.63) is 35.4 Å². The summed E-state index contributed by atoms with van der Waals surface area (Å²) in [6.07, 6.45) is 3.70. The molecule has 0 aliphatic heterocycles. The van der Waals surface area contributed by atoms with Gasteiger partial charge in [-0.25, -0.2) is 0 Å².